The van der Waals surface area contributed by atoms with E-state index in [1.54, 1.807) is 25.3 Å². The molecule has 0 aliphatic rings. The van der Waals surface area contributed by atoms with E-state index < -0.39 is 0 Å². The molecule has 2 N–H and O–H groups in total. The second-order valence-electron chi connectivity index (χ2n) is 6.25. The summed E-state index contributed by atoms with van der Waals surface area (Å²) < 4.78 is 5.99. The van der Waals surface area contributed by atoms with Crippen molar-refractivity contribution in [2.45, 2.75) is 6.04 Å². The third kappa shape index (κ3) is 6.37. The van der Waals surface area contributed by atoms with E-state index >= 15 is 0 Å². The molecule has 1 atom stereocenters. The summed E-state index contributed by atoms with van der Waals surface area (Å²) in [7, 11) is 5.53. The van der Waals surface area contributed by atoms with E-state index in [0.29, 0.717) is 12.1 Å². The summed E-state index contributed by atoms with van der Waals surface area (Å²) in [6.07, 6.45) is 0. The molecule has 0 aliphatic carbocycles. The Morgan fingerprint density at radius 3 is 2.41 bits per heavy atom. The number of nitrogens with zero attached hydrogens (tertiary/aromatic N) is 1. The van der Waals surface area contributed by atoms with Crippen molar-refractivity contribution in [1.82, 2.24) is 15.5 Å². The van der Waals surface area contributed by atoms with Gasteiger partial charge in [-0.3, -0.25) is 9.59 Å². The molecule has 0 bridgehead atoms. The highest BCUT2D eigenvalue weighted by molar-refractivity contribution is 9.10. The molecule has 0 saturated carbocycles. The minimum atomic E-state index is -0.286. The molecule has 2 rings (SSSR count). The first kappa shape index (κ1) is 20.9. The van der Waals surface area contributed by atoms with Crippen LogP contribution in [0.15, 0.2) is 53.0 Å². The molecule has 0 fully saturated rings. The fraction of sp³-hybridized carbons (Fsp3) is 0.300. The van der Waals surface area contributed by atoms with Crippen LogP contribution in [0, 0.1) is 0 Å². The number of ether oxygens (including phenoxy) is 1. The molecule has 2 amide bonds. The molecular weight excluding hydrogens is 410 g/mol. The van der Waals surface area contributed by atoms with Crippen LogP contribution >= 0.6 is 15.9 Å². The molecule has 0 aromatic heterocycles. The Morgan fingerprint density at radius 1 is 1.11 bits per heavy atom. The third-order valence-corrected chi connectivity index (χ3v) is 4.61. The number of likely N-dealkylation sites (N-methyl/N-ethyl adjacent to an activating group) is 1. The normalized spacial score (nSPS) is 11.7. The maximum absolute atomic E-state index is 12.1. The van der Waals surface area contributed by atoms with Gasteiger partial charge in [0.15, 0.2) is 0 Å². The number of methoxy groups -OCH3 is 1. The van der Waals surface area contributed by atoms with Gasteiger partial charge in [0, 0.05) is 16.6 Å². The van der Waals surface area contributed by atoms with Crippen LogP contribution in [0.25, 0.3) is 0 Å². The van der Waals surface area contributed by atoms with Crippen LogP contribution < -0.4 is 15.4 Å². The van der Waals surface area contributed by atoms with Gasteiger partial charge in [0.2, 0.25) is 5.91 Å². The van der Waals surface area contributed by atoms with Gasteiger partial charge in [0.25, 0.3) is 5.91 Å². The fourth-order valence-electron chi connectivity index (χ4n) is 2.59. The quantitative estimate of drug-likeness (QED) is 0.670. The van der Waals surface area contributed by atoms with Gasteiger partial charge in [-0.25, -0.2) is 0 Å². The summed E-state index contributed by atoms with van der Waals surface area (Å²) in [4.78, 5) is 26.3. The van der Waals surface area contributed by atoms with Gasteiger partial charge >= 0.3 is 0 Å². The monoisotopic (exact) mass is 433 g/mol. The van der Waals surface area contributed by atoms with Crippen LogP contribution in [0.3, 0.4) is 0 Å². The average molecular weight is 434 g/mol. The number of benzene rings is 2. The largest absolute Gasteiger partial charge is 0.497 e. The van der Waals surface area contributed by atoms with Crippen molar-refractivity contribution in [3.8, 4) is 5.75 Å². The minimum absolute atomic E-state index is 0.0145. The van der Waals surface area contributed by atoms with Crippen LogP contribution in [0.5, 0.6) is 5.75 Å². The van der Waals surface area contributed by atoms with Crippen LogP contribution in [0.1, 0.15) is 22.0 Å². The van der Waals surface area contributed by atoms with Gasteiger partial charge in [0.1, 0.15) is 5.75 Å². The first-order valence-electron chi connectivity index (χ1n) is 8.51. The van der Waals surface area contributed by atoms with Crippen molar-refractivity contribution in [3.05, 3.63) is 64.1 Å². The van der Waals surface area contributed by atoms with Gasteiger partial charge in [-0.15, -0.1) is 0 Å². The second-order valence-corrected chi connectivity index (χ2v) is 7.17. The van der Waals surface area contributed by atoms with Gasteiger partial charge in [-0.2, -0.15) is 0 Å². The predicted octanol–water partition coefficient (Wildman–Crippen LogP) is 2.61. The van der Waals surface area contributed by atoms with E-state index in [2.05, 4.69) is 26.6 Å². The summed E-state index contributed by atoms with van der Waals surface area (Å²) >= 11 is 3.32. The number of hydrogen-bond acceptors (Lipinski definition) is 4. The Labute approximate surface area is 168 Å². The van der Waals surface area contributed by atoms with Crippen LogP contribution in [-0.2, 0) is 4.79 Å². The zero-order valence-corrected chi connectivity index (χ0v) is 17.2. The van der Waals surface area contributed by atoms with Gasteiger partial charge in [-0.1, -0.05) is 34.1 Å². The van der Waals surface area contributed by atoms with Crippen molar-refractivity contribution >= 4 is 27.7 Å². The smallest absolute Gasteiger partial charge is 0.251 e. The van der Waals surface area contributed by atoms with E-state index in [-0.39, 0.29) is 24.4 Å². The molecule has 2 aromatic carbocycles. The van der Waals surface area contributed by atoms with E-state index in [1.807, 2.05) is 49.3 Å². The molecule has 0 heterocycles. The number of halogens is 1. The van der Waals surface area contributed by atoms with Crippen molar-refractivity contribution in [2.75, 3.05) is 34.3 Å². The summed E-state index contributed by atoms with van der Waals surface area (Å²) in [5.41, 5.74) is 1.57. The highest BCUT2D eigenvalue weighted by atomic mass is 79.9. The Kier molecular flexibility index (Phi) is 7.82. The van der Waals surface area contributed by atoms with E-state index in [1.165, 1.54) is 0 Å². The summed E-state index contributed by atoms with van der Waals surface area (Å²) in [6, 6.07) is 14.8. The third-order valence-electron chi connectivity index (χ3n) is 4.11. The van der Waals surface area contributed by atoms with Gasteiger partial charge in [0.05, 0.1) is 19.7 Å². The average Bonchev–Trinajstić information content (AvgIpc) is 2.66. The molecule has 144 valence electrons. The molecule has 0 spiro atoms. The van der Waals surface area contributed by atoms with Gasteiger partial charge in [-0.05, 0) is 50.0 Å². The summed E-state index contributed by atoms with van der Waals surface area (Å²) in [5.74, 6) is 0.264. The van der Waals surface area contributed by atoms with E-state index in [4.69, 9.17) is 4.74 Å². The Morgan fingerprint density at radius 2 is 1.81 bits per heavy atom. The molecule has 1 unspecified atom stereocenters. The lowest BCUT2D eigenvalue weighted by atomic mass is 10.1. The van der Waals surface area contributed by atoms with Gasteiger partial charge < -0.3 is 20.3 Å². The summed E-state index contributed by atoms with van der Waals surface area (Å²) in [6.45, 7) is 0.360. The maximum atomic E-state index is 12.1. The second kappa shape index (κ2) is 10.1. The highest BCUT2D eigenvalue weighted by Crippen LogP contribution is 2.20. The Hall–Kier alpha value is -2.38. The first-order chi connectivity index (χ1) is 12.9. The lowest BCUT2D eigenvalue weighted by molar-refractivity contribution is -0.120. The molecule has 7 heteroatoms. The maximum Gasteiger partial charge on any atom is 0.251 e. The Bertz CT molecular complexity index is 778. The SMILES string of the molecule is COc1ccc(C(CNC(=O)CNC(=O)c2cccc(Br)c2)N(C)C)cc1. The lowest BCUT2D eigenvalue weighted by Gasteiger charge is -2.25. The van der Waals surface area contributed by atoms with Crippen molar-refractivity contribution < 1.29 is 14.3 Å². The topological polar surface area (TPSA) is 70.7 Å². The molecular formula is C20H24BrN3O3. The van der Waals surface area contributed by atoms with Crippen molar-refractivity contribution in [1.29, 1.82) is 0 Å². The lowest BCUT2D eigenvalue weighted by Crippen LogP contribution is -2.40. The van der Waals surface area contributed by atoms with Crippen molar-refractivity contribution in [3.63, 3.8) is 0 Å². The molecule has 0 radical (unpaired) electrons. The van der Waals surface area contributed by atoms with E-state index in [0.717, 1.165) is 15.8 Å². The Balaban J connectivity index is 1.87. The summed E-state index contributed by atoms with van der Waals surface area (Å²) in [5, 5.41) is 5.51. The zero-order chi connectivity index (χ0) is 19.8. The predicted molar refractivity (Wildman–Crippen MR) is 109 cm³/mol. The number of nitrogens with one attached hydrogen (secondary N) is 2. The van der Waals surface area contributed by atoms with E-state index in [9.17, 15) is 9.59 Å². The molecule has 2 aromatic rings. The van der Waals surface area contributed by atoms with Crippen LogP contribution in [0.2, 0.25) is 0 Å². The standard InChI is InChI=1S/C20H24BrN3O3/c1-24(2)18(14-7-9-17(27-3)10-8-14)12-22-19(25)13-23-20(26)15-5-4-6-16(21)11-15/h4-11,18H,12-13H2,1-3H3,(H,22,25)(H,23,26). The minimum Gasteiger partial charge on any atom is -0.497 e. The van der Waals surface area contributed by atoms with Crippen LogP contribution in [-0.4, -0.2) is 51.0 Å². The fourth-order valence-corrected chi connectivity index (χ4v) is 2.99. The highest BCUT2D eigenvalue weighted by Gasteiger charge is 2.16. The number of rotatable bonds is 8. The number of carbonyl (C=O) groups is 2. The van der Waals surface area contributed by atoms with Crippen LogP contribution in [0.4, 0.5) is 0 Å². The molecule has 27 heavy (non-hydrogen) atoms. The number of hydrogen-bond donors (Lipinski definition) is 2. The molecule has 0 aliphatic heterocycles. The first-order valence-corrected chi connectivity index (χ1v) is 9.31. The number of amides is 2. The van der Waals surface area contributed by atoms with Crippen molar-refractivity contribution in [2.24, 2.45) is 0 Å². The zero-order valence-electron chi connectivity index (χ0n) is 15.7. The molecule has 6 nitrogen and oxygen atoms in total. The number of carbonyl (C=O) groups excluding carboxylic acids is 2. The molecule has 0 saturated heterocycles.